The van der Waals surface area contributed by atoms with Gasteiger partial charge in [0.05, 0.1) is 0 Å². The van der Waals surface area contributed by atoms with Crippen LogP contribution < -0.4 is 5.73 Å². The van der Waals surface area contributed by atoms with Gasteiger partial charge in [-0.3, -0.25) is 0 Å². The van der Waals surface area contributed by atoms with E-state index < -0.39 is 17.5 Å². The molecule has 1 nitrogen and oxygen atoms in total. The minimum Gasteiger partial charge on any atom is -0.330 e. The van der Waals surface area contributed by atoms with Crippen molar-refractivity contribution in [3.63, 3.8) is 0 Å². The quantitative estimate of drug-likeness (QED) is 0.848. The fourth-order valence-corrected chi connectivity index (χ4v) is 1.42. The molecule has 16 heavy (non-hydrogen) atoms. The lowest BCUT2D eigenvalue weighted by Crippen LogP contribution is -2.08. The van der Waals surface area contributed by atoms with Crippen molar-refractivity contribution >= 4 is 0 Å². The molecule has 0 radical (unpaired) electrons. The van der Waals surface area contributed by atoms with E-state index in [9.17, 15) is 13.2 Å². The summed E-state index contributed by atoms with van der Waals surface area (Å²) in [6.07, 6.45) is 0.472. The highest BCUT2D eigenvalue weighted by Gasteiger charge is 2.16. The van der Waals surface area contributed by atoms with Gasteiger partial charge in [-0.25, -0.2) is 13.2 Å². The van der Waals surface area contributed by atoms with Crippen LogP contribution in [0.1, 0.15) is 38.7 Å². The normalized spacial score (nSPS) is 11.7. The van der Waals surface area contributed by atoms with E-state index in [1.807, 2.05) is 13.8 Å². The summed E-state index contributed by atoms with van der Waals surface area (Å²) in [5.41, 5.74) is 5.19. The molecule has 1 unspecified atom stereocenters. The van der Waals surface area contributed by atoms with Gasteiger partial charge in [-0.1, -0.05) is 20.8 Å². The first-order valence-corrected chi connectivity index (χ1v) is 5.40. The van der Waals surface area contributed by atoms with Crippen LogP contribution in [-0.4, -0.2) is 6.54 Å². The largest absolute Gasteiger partial charge is 0.330 e. The number of halogens is 3. The summed E-state index contributed by atoms with van der Waals surface area (Å²) in [6, 6.07) is 1.37. The molecule has 0 amide bonds. The zero-order chi connectivity index (χ0) is 12.7. The molecule has 1 atom stereocenters. The summed E-state index contributed by atoms with van der Waals surface area (Å²) in [6.45, 7) is 6.00. The molecular formula is C12H18F3N. The highest BCUT2D eigenvalue weighted by Crippen LogP contribution is 2.25. The lowest BCUT2D eigenvalue weighted by molar-refractivity contribution is 0.501. The van der Waals surface area contributed by atoms with Crippen LogP contribution in [-0.2, 0) is 0 Å². The fraction of sp³-hybridized carbons (Fsp3) is 0.500. The molecule has 0 aliphatic carbocycles. The van der Waals surface area contributed by atoms with Gasteiger partial charge < -0.3 is 5.73 Å². The molecule has 0 aliphatic heterocycles. The summed E-state index contributed by atoms with van der Waals surface area (Å²) >= 11 is 0. The third-order valence-electron chi connectivity index (χ3n) is 2.14. The summed E-state index contributed by atoms with van der Waals surface area (Å²) < 4.78 is 38.9. The Kier molecular flexibility index (Phi) is 6.81. The van der Waals surface area contributed by atoms with E-state index in [4.69, 9.17) is 5.73 Å². The maximum atomic E-state index is 13.2. The molecule has 1 rings (SSSR count). The number of benzene rings is 1. The van der Waals surface area contributed by atoms with Crippen molar-refractivity contribution in [2.75, 3.05) is 6.54 Å². The third-order valence-corrected chi connectivity index (χ3v) is 2.14. The lowest BCUT2D eigenvalue weighted by atomic mass is 9.96. The first-order valence-electron chi connectivity index (χ1n) is 5.40. The Labute approximate surface area is 94.5 Å². The Morgan fingerprint density at radius 2 is 1.56 bits per heavy atom. The minimum atomic E-state index is -0.899. The average Bonchev–Trinajstić information content (AvgIpc) is 2.19. The van der Waals surface area contributed by atoms with Gasteiger partial charge in [0, 0.05) is 17.7 Å². The standard InChI is InChI=1S/C10H12F3N.C2H6/c1-6(2-3-14)10-8(12)4-7(11)5-9(10)13;1-2/h4-6H,2-3,14H2,1H3;1-2H3. The van der Waals surface area contributed by atoms with Crippen LogP contribution in [0.3, 0.4) is 0 Å². The smallest absolute Gasteiger partial charge is 0.132 e. The molecular weight excluding hydrogens is 215 g/mol. The zero-order valence-electron chi connectivity index (χ0n) is 9.86. The number of hydrogen-bond donors (Lipinski definition) is 1. The predicted molar refractivity (Wildman–Crippen MR) is 59.8 cm³/mol. The van der Waals surface area contributed by atoms with Crippen LogP contribution in [0, 0.1) is 17.5 Å². The van der Waals surface area contributed by atoms with Gasteiger partial charge in [0.1, 0.15) is 17.5 Å². The van der Waals surface area contributed by atoms with Gasteiger partial charge in [-0.15, -0.1) is 0 Å². The van der Waals surface area contributed by atoms with Crippen LogP contribution in [0.5, 0.6) is 0 Å². The van der Waals surface area contributed by atoms with Crippen LogP contribution in [0.15, 0.2) is 12.1 Å². The van der Waals surface area contributed by atoms with Gasteiger partial charge in [-0.05, 0) is 18.9 Å². The van der Waals surface area contributed by atoms with Crippen LogP contribution >= 0.6 is 0 Å². The maximum absolute atomic E-state index is 13.2. The second kappa shape index (κ2) is 7.28. The van der Waals surface area contributed by atoms with E-state index in [1.54, 1.807) is 6.92 Å². The highest BCUT2D eigenvalue weighted by atomic mass is 19.1. The topological polar surface area (TPSA) is 26.0 Å². The molecule has 1 aromatic rings. The highest BCUT2D eigenvalue weighted by molar-refractivity contribution is 5.24. The molecule has 0 bridgehead atoms. The van der Waals surface area contributed by atoms with Gasteiger partial charge in [0.15, 0.2) is 0 Å². The van der Waals surface area contributed by atoms with Crippen molar-refractivity contribution in [2.24, 2.45) is 5.73 Å². The summed E-state index contributed by atoms with van der Waals surface area (Å²) in [5.74, 6) is -2.92. The minimum absolute atomic E-state index is 0.0862. The van der Waals surface area contributed by atoms with Crippen molar-refractivity contribution in [3.05, 3.63) is 35.1 Å². The van der Waals surface area contributed by atoms with E-state index >= 15 is 0 Å². The fourth-order valence-electron chi connectivity index (χ4n) is 1.42. The number of nitrogens with two attached hydrogens (primary N) is 1. The Hall–Kier alpha value is -1.03. The molecule has 92 valence electrons. The Morgan fingerprint density at radius 3 is 1.94 bits per heavy atom. The monoisotopic (exact) mass is 233 g/mol. The van der Waals surface area contributed by atoms with E-state index in [0.29, 0.717) is 25.1 Å². The number of rotatable bonds is 3. The number of hydrogen-bond acceptors (Lipinski definition) is 1. The molecule has 0 spiro atoms. The van der Waals surface area contributed by atoms with Crippen LogP contribution in [0.2, 0.25) is 0 Å². The van der Waals surface area contributed by atoms with Crippen molar-refractivity contribution < 1.29 is 13.2 Å². The second-order valence-electron chi connectivity index (χ2n) is 3.26. The van der Waals surface area contributed by atoms with Crippen molar-refractivity contribution in [1.29, 1.82) is 0 Å². The molecule has 1 aromatic carbocycles. The van der Waals surface area contributed by atoms with E-state index in [2.05, 4.69) is 0 Å². The summed E-state index contributed by atoms with van der Waals surface area (Å²) in [4.78, 5) is 0. The Morgan fingerprint density at radius 1 is 1.12 bits per heavy atom. The van der Waals surface area contributed by atoms with Crippen molar-refractivity contribution in [3.8, 4) is 0 Å². The van der Waals surface area contributed by atoms with E-state index in [-0.39, 0.29) is 11.5 Å². The molecule has 4 heteroatoms. The Balaban J connectivity index is 0.00000106. The van der Waals surface area contributed by atoms with Crippen LogP contribution in [0.25, 0.3) is 0 Å². The molecule has 0 fully saturated rings. The zero-order valence-corrected chi connectivity index (χ0v) is 9.86. The summed E-state index contributed by atoms with van der Waals surface area (Å²) in [7, 11) is 0. The van der Waals surface area contributed by atoms with Gasteiger partial charge in [0.2, 0.25) is 0 Å². The molecule has 0 aliphatic rings. The van der Waals surface area contributed by atoms with Gasteiger partial charge in [0.25, 0.3) is 0 Å². The lowest BCUT2D eigenvalue weighted by Gasteiger charge is -2.12. The molecule has 0 aromatic heterocycles. The van der Waals surface area contributed by atoms with Crippen LogP contribution in [0.4, 0.5) is 13.2 Å². The molecule has 0 saturated heterocycles. The van der Waals surface area contributed by atoms with E-state index in [0.717, 1.165) is 0 Å². The molecule has 0 saturated carbocycles. The van der Waals surface area contributed by atoms with Crippen molar-refractivity contribution in [2.45, 2.75) is 33.1 Å². The van der Waals surface area contributed by atoms with Crippen molar-refractivity contribution in [1.82, 2.24) is 0 Å². The van der Waals surface area contributed by atoms with E-state index in [1.165, 1.54) is 0 Å². The first-order chi connectivity index (χ1) is 7.56. The second-order valence-corrected chi connectivity index (χ2v) is 3.26. The third kappa shape index (κ3) is 3.85. The maximum Gasteiger partial charge on any atom is 0.132 e. The van der Waals surface area contributed by atoms with Gasteiger partial charge >= 0.3 is 0 Å². The average molecular weight is 233 g/mol. The SMILES string of the molecule is CC.CC(CCN)c1c(F)cc(F)cc1F. The molecule has 0 heterocycles. The summed E-state index contributed by atoms with van der Waals surface area (Å²) in [5, 5.41) is 0. The Bertz CT molecular complexity index is 303. The predicted octanol–water partition coefficient (Wildman–Crippen LogP) is 3.58. The van der Waals surface area contributed by atoms with Gasteiger partial charge in [-0.2, -0.15) is 0 Å². The first kappa shape index (κ1) is 15.0. The molecule has 2 N–H and O–H groups in total.